The van der Waals surface area contributed by atoms with Crippen LogP contribution in [0.15, 0.2) is 12.2 Å². The Balaban J connectivity index is 3.60. The molecule has 0 aromatic rings. The van der Waals surface area contributed by atoms with Gasteiger partial charge in [0.2, 0.25) is 0 Å². The number of aliphatic carboxylic acids is 1. The standard InChI is InChI=1S/C34H66O3/c1-3-5-7-9-11-13-15-17-18-19-21-23-25-27-29-31-33(35)32(34(36)37)30-28-26-24-22-20-16-14-12-10-8-6-4-2/h17-18,32-33,35H,3-16,19-31H2,1-2H3,(H,36,37). The van der Waals surface area contributed by atoms with Crippen molar-refractivity contribution in [3.05, 3.63) is 12.2 Å². The maximum absolute atomic E-state index is 11.7. The van der Waals surface area contributed by atoms with Gasteiger partial charge in [-0.3, -0.25) is 4.79 Å². The van der Waals surface area contributed by atoms with E-state index in [-0.39, 0.29) is 0 Å². The Morgan fingerprint density at radius 3 is 1.22 bits per heavy atom. The van der Waals surface area contributed by atoms with E-state index in [1.54, 1.807) is 0 Å². The van der Waals surface area contributed by atoms with Crippen molar-refractivity contribution in [1.82, 2.24) is 0 Å². The molecule has 0 bridgehead atoms. The van der Waals surface area contributed by atoms with Crippen molar-refractivity contribution in [2.75, 3.05) is 0 Å². The van der Waals surface area contributed by atoms with Crippen LogP contribution in [0.25, 0.3) is 0 Å². The van der Waals surface area contributed by atoms with Crippen LogP contribution in [0.4, 0.5) is 0 Å². The Bertz CT molecular complexity index is 487. The van der Waals surface area contributed by atoms with Crippen LogP contribution < -0.4 is 0 Å². The first-order valence-corrected chi connectivity index (χ1v) is 16.7. The van der Waals surface area contributed by atoms with Crippen LogP contribution in [0.2, 0.25) is 0 Å². The molecule has 3 nitrogen and oxygen atoms in total. The van der Waals surface area contributed by atoms with Gasteiger partial charge in [0.15, 0.2) is 0 Å². The number of carboxylic acid groups (broad SMARTS) is 1. The van der Waals surface area contributed by atoms with Gasteiger partial charge < -0.3 is 10.2 Å². The summed E-state index contributed by atoms with van der Waals surface area (Å²) in [4.78, 5) is 11.7. The molecule has 0 aliphatic carbocycles. The summed E-state index contributed by atoms with van der Waals surface area (Å²) in [5.41, 5.74) is 0. The van der Waals surface area contributed by atoms with E-state index in [2.05, 4.69) is 26.0 Å². The fourth-order valence-electron chi connectivity index (χ4n) is 5.31. The second-order valence-corrected chi connectivity index (χ2v) is 11.6. The molecule has 37 heavy (non-hydrogen) atoms. The van der Waals surface area contributed by atoms with E-state index in [1.165, 1.54) is 135 Å². The lowest BCUT2D eigenvalue weighted by Crippen LogP contribution is -2.28. The Morgan fingerprint density at radius 1 is 0.514 bits per heavy atom. The van der Waals surface area contributed by atoms with E-state index in [1.807, 2.05) is 0 Å². The van der Waals surface area contributed by atoms with E-state index in [0.717, 1.165) is 25.7 Å². The predicted molar refractivity (Wildman–Crippen MR) is 162 cm³/mol. The summed E-state index contributed by atoms with van der Waals surface area (Å²) < 4.78 is 0. The first-order chi connectivity index (χ1) is 18.1. The van der Waals surface area contributed by atoms with Crippen molar-refractivity contribution >= 4 is 5.97 Å². The molecular formula is C34H66O3. The smallest absolute Gasteiger partial charge is 0.309 e. The van der Waals surface area contributed by atoms with Crippen LogP contribution in [0, 0.1) is 5.92 Å². The van der Waals surface area contributed by atoms with Gasteiger partial charge in [0, 0.05) is 0 Å². The molecule has 0 spiro atoms. The van der Waals surface area contributed by atoms with Crippen molar-refractivity contribution in [3.8, 4) is 0 Å². The summed E-state index contributed by atoms with van der Waals surface area (Å²) in [7, 11) is 0. The molecule has 220 valence electrons. The minimum Gasteiger partial charge on any atom is -0.481 e. The second-order valence-electron chi connectivity index (χ2n) is 11.6. The molecule has 2 N–H and O–H groups in total. The van der Waals surface area contributed by atoms with E-state index in [4.69, 9.17) is 0 Å². The lowest BCUT2D eigenvalue weighted by Gasteiger charge is -2.19. The Labute approximate surface area is 232 Å². The monoisotopic (exact) mass is 523 g/mol. The molecule has 0 aliphatic heterocycles. The molecule has 0 fully saturated rings. The average Bonchev–Trinajstić information content (AvgIpc) is 2.88. The summed E-state index contributed by atoms with van der Waals surface area (Å²) >= 11 is 0. The molecule has 0 aliphatic rings. The summed E-state index contributed by atoms with van der Waals surface area (Å²) in [5, 5.41) is 20.1. The molecule has 0 saturated heterocycles. The van der Waals surface area contributed by atoms with Gasteiger partial charge in [-0.1, -0.05) is 161 Å². The average molecular weight is 523 g/mol. The Hall–Kier alpha value is -0.830. The first-order valence-electron chi connectivity index (χ1n) is 16.7. The third-order valence-electron chi connectivity index (χ3n) is 7.91. The topological polar surface area (TPSA) is 57.5 Å². The lowest BCUT2D eigenvalue weighted by molar-refractivity contribution is -0.146. The summed E-state index contributed by atoms with van der Waals surface area (Å²) in [6, 6.07) is 0. The number of rotatable bonds is 30. The van der Waals surface area contributed by atoms with Gasteiger partial charge in [-0.05, 0) is 38.5 Å². The van der Waals surface area contributed by atoms with Gasteiger partial charge in [0.1, 0.15) is 0 Å². The fourth-order valence-corrected chi connectivity index (χ4v) is 5.31. The SMILES string of the molecule is CCCCCCCCC=CCCCCCCCC(O)C(CCCCCCCCCCCCCC)C(=O)O. The number of aliphatic hydroxyl groups excluding tert-OH is 1. The van der Waals surface area contributed by atoms with Crippen LogP contribution in [-0.4, -0.2) is 22.3 Å². The molecule has 3 heteroatoms. The first kappa shape index (κ1) is 36.2. The molecule has 0 aromatic heterocycles. The van der Waals surface area contributed by atoms with E-state index in [0.29, 0.717) is 12.8 Å². The van der Waals surface area contributed by atoms with Crippen LogP contribution in [0.1, 0.15) is 187 Å². The van der Waals surface area contributed by atoms with Crippen molar-refractivity contribution in [1.29, 1.82) is 0 Å². The van der Waals surface area contributed by atoms with E-state index >= 15 is 0 Å². The molecule has 0 saturated carbocycles. The zero-order valence-electron chi connectivity index (χ0n) is 25.2. The molecule has 0 radical (unpaired) electrons. The molecule has 2 atom stereocenters. The normalized spacial score (nSPS) is 13.4. The number of allylic oxidation sites excluding steroid dienone is 2. The van der Waals surface area contributed by atoms with Gasteiger partial charge in [0.25, 0.3) is 0 Å². The zero-order valence-corrected chi connectivity index (χ0v) is 25.2. The van der Waals surface area contributed by atoms with Gasteiger partial charge in [-0.2, -0.15) is 0 Å². The number of hydrogen-bond acceptors (Lipinski definition) is 2. The van der Waals surface area contributed by atoms with Gasteiger partial charge in [-0.25, -0.2) is 0 Å². The van der Waals surface area contributed by atoms with Gasteiger partial charge in [0.05, 0.1) is 12.0 Å². The summed E-state index contributed by atoms with van der Waals surface area (Å²) in [6.07, 6.45) is 37.0. The van der Waals surface area contributed by atoms with Crippen molar-refractivity contribution < 1.29 is 15.0 Å². The molecular weight excluding hydrogens is 456 g/mol. The van der Waals surface area contributed by atoms with Gasteiger partial charge in [-0.15, -0.1) is 0 Å². The minimum atomic E-state index is -0.816. The Morgan fingerprint density at radius 2 is 0.838 bits per heavy atom. The quantitative estimate of drug-likeness (QED) is 0.0728. The third kappa shape index (κ3) is 26.6. The molecule has 0 rings (SSSR count). The predicted octanol–water partition coefficient (Wildman–Crippen LogP) is 11.2. The lowest BCUT2D eigenvalue weighted by atomic mass is 9.91. The van der Waals surface area contributed by atoms with Crippen LogP contribution >= 0.6 is 0 Å². The molecule has 0 amide bonds. The van der Waals surface area contributed by atoms with Crippen molar-refractivity contribution in [2.45, 2.75) is 193 Å². The maximum atomic E-state index is 11.7. The molecule has 2 unspecified atom stereocenters. The van der Waals surface area contributed by atoms with E-state index in [9.17, 15) is 15.0 Å². The van der Waals surface area contributed by atoms with Crippen LogP contribution in [-0.2, 0) is 4.79 Å². The highest BCUT2D eigenvalue weighted by atomic mass is 16.4. The molecule has 0 aromatic carbocycles. The largest absolute Gasteiger partial charge is 0.481 e. The van der Waals surface area contributed by atoms with Crippen molar-refractivity contribution in [2.24, 2.45) is 5.92 Å². The number of unbranched alkanes of at least 4 members (excludes halogenated alkanes) is 22. The van der Waals surface area contributed by atoms with Crippen molar-refractivity contribution in [3.63, 3.8) is 0 Å². The molecule has 0 heterocycles. The third-order valence-corrected chi connectivity index (χ3v) is 7.91. The number of aliphatic hydroxyl groups is 1. The highest BCUT2D eigenvalue weighted by molar-refractivity contribution is 5.70. The minimum absolute atomic E-state index is 0.583. The Kier molecular flexibility index (Phi) is 29.1. The zero-order chi connectivity index (χ0) is 27.2. The van der Waals surface area contributed by atoms with Gasteiger partial charge >= 0.3 is 5.97 Å². The second kappa shape index (κ2) is 29.7. The summed E-state index contributed by atoms with van der Waals surface area (Å²) in [5.74, 6) is -1.40. The maximum Gasteiger partial charge on any atom is 0.309 e. The highest BCUT2D eigenvalue weighted by Crippen LogP contribution is 2.21. The summed E-state index contributed by atoms with van der Waals surface area (Å²) in [6.45, 7) is 4.53. The van der Waals surface area contributed by atoms with Crippen LogP contribution in [0.5, 0.6) is 0 Å². The fraction of sp³-hybridized carbons (Fsp3) is 0.912. The number of carbonyl (C=O) groups is 1. The van der Waals surface area contributed by atoms with Crippen LogP contribution in [0.3, 0.4) is 0 Å². The number of carboxylic acids is 1. The van der Waals surface area contributed by atoms with E-state index < -0.39 is 18.0 Å². The highest BCUT2D eigenvalue weighted by Gasteiger charge is 2.25. The number of hydrogen-bond donors (Lipinski definition) is 2.